The van der Waals surface area contributed by atoms with Crippen LogP contribution in [-0.2, 0) is 11.3 Å². The quantitative estimate of drug-likeness (QED) is 0.649. The highest BCUT2D eigenvalue weighted by molar-refractivity contribution is 5.59. The van der Waals surface area contributed by atoms with E-state index in [4.69, 9.17) is 10.5 Å². The molecule has 0 aromatic carbocycles. The lowest BCUT2D eigenvalue weighted by Crippen LogP contribution is -2.51. The number of nitrogens with zero attached hydrogens (tertiary/aromatic N) is 2. The molecule has 0 spiro atoms. The number of nitrogens with one attached hydrogen (secondary N) is 1. The molecule has 4 rings (SSSR count). The Hall–Kier alpha value is -1.91. The number of aromatic nitrogens is 2. The predicted molar refractivity (Wildman–Crippen MR) is 68.0 cm³/mol. The van der Waals surface area contributed by atoms with Gasteiger partial charge in [-0.3, -0.25) is 4.57 Å². The minimum absolute atomic E-state index is 0.392. The summed E-state index contributed by atoms with van der Waals surface area (Å²) in [5.74, 6) is 1.64. The molecule has 1 atom stereocenters. The number of nitrogens with two attached hydrogens (primary N) is 1. The van der Waals surface area contributed by atoms with Crippen LogP contribution in [0.2, 0.25) is 0 Å². The van der Waals surface area contributed by atoms with E-state index in [1.54, 1.807) is 6.26 Å². The van der Waals surface area contributed by atoms with Gasteiger partial charge in [0.1, 0.15) is 24.0 Å². The fourth-order valence-electron chi connectivity index (χ4n) is 3.17. The van der Waals surface area contributed by atoms with Gasteiger partial charge in [0.05, 0.1) is 11.4 Å². The van der Waals surface area contributed by atoms with E-state index in [1.807, 2.05) is 6.20 Å². The number of imidazole rings is 1. The van der Waals surface area contributed by atoms with Crippen LogP contribution in [0, 0.1) is 0 Å². The maximum Gasteiger partial charge on any atom is 0.152 e. The van der Waals surface area contributed by atoms with Crippen molar-refractivity contribution in [3.8, 4) is 0 Å². The summed E-state index contributed by atoms with van der Waals surface area (Å²) in [5.41, 5.74) is 7.57. The van der Waals surface area contributed by atoms with E-state index in [9.17, 15) is 0 Å². The number of ether oxygens (including phenoxy) is 1. The van der Waals surface area contributed by atoms with Gasteiger partial charge in [-0.25, -0.2) is 4.98 Å². The first-order valence-electron chi connectivity index (χ1n) is 6.49. The Morgan fingerprint density at radius 1 is 1.44 bits per heavy atom. The maximum absolute atomic E-state index is 6.12. The Morgan fingerprint density at radius 2 is 2.39 bits per heavy atom. The minimum Gasteiger partial charge on any atom is -0.492 e. The molecule has 2 aliphatic heterocycles. The van der Waals surface area contributed by atoms with Crippen molar-refractivity contribution < 1.29 is 4.74 Å². The number of hydrogen-bond donors (Lipinski definition) is 2. The van der Waals surface area contributed by atoms with Gasteiger partial charge >= 0.3 is 0 Å². The molecule has 0 saturated heterocycles. The summed E-state index contributed by atoms with van der Waals surface area (Å²) >= 11 is 0. The lowest BCUT2D eigenvalue weighted by atomic mass is 9.88. The highest BCUT2D eigenvalue weighted by Gasteiger charge is 2.27. The average Bonchev–Trinajstić information content (AvgIpc) is 2.79. The first-order valence-corrected chi connectivity index (χ1v) is 6.49. The Balaban J connectivity index is 2.10. The third-order valence-corrected chi connectivity index (χ3v) is 4.00. The van der Waals surface area contributed by atoms with Crippen LogP contribution in [0.1, 0.15) is 31.5 Å². The summed E-state index contributed by atoms with van der Waals surface area (Å²) in [6.45, 7) is 0.523. The molecule has 5 heteroatoms. The lowest BCUT2D eigenvalue weighted by molar-refractivity contribution is 0.220. The monoisotopic (exact) mass is 244 g/mol. The van der Waals surface area contributed by atoms with Gasteiger partial charge in [-0.2, -0.15) is 0 Å². The molecule has 3 N–H and O–H groups in total. The molecule has 1 fully saturated rings. The molecule has 0 amide bonds. The fraction of sp³-hybridized carbons (Fsp3) is 0.462. The van der Waals surface area contributed by atoms with Gasteiger partial charge in [-0.1, -0.05) is 6.42 Å². The average molecular weight is 244 g/mol. The van der Waals surface area contributed by atoms with Crippen molar-refractivity contribution in [2.45, 2.75) is 38.3 Å². The van der Waals surface area contributed by atoms with E-state index in [0.717, 1.165) is 24.0 Å². The van der Waals surface area contributed by atoms with Crippen molar-refractivity contribution in [2.24, 2.45) is 5.73 Å². The summed E-state index contributed by atoms with van der Waals surface area (Å²) in [4.78, 5) is 4.60. The van der Waals surface area contributed by atoms with Crippen molar-refractivity contribution in [2.75, 3.05) is 0 Å². The van der Waals surface area contributed by atoms with E-state index in [2.05, 4.69) is 14.9 Å². The number of rotatable bonds is 0. The van der Waals surface area contributed by atoms with Gasteiger partial charge in [0.2, 0.25) is 0 Å². The molecule has 1 aliphatic carbocycles. The van der Waals surface area contributed by atoms with Gasteiger partial charge in [0.15, 0.2) is 5.82 Å². The summed E-state index contributed by atoms with van der Waals surface area (Å²) < 4.78 is 7.44. The van der Waals surface area contributed by atoms with E-state index in [-0.39, 0.29) is 0 Å². The molecule has 1 saturated carbocycles. The van der Waals surface area contributed by atoms with Crippen LogP contribution in [0.5, 0.6) is 0 Å². The van der Waals surface area contributed by atoms with Crippen molar-refractivity contribution >= 4 is 17.6 Å². The molecule has 3 heterocycles. The molecule has 0 radical (unpaired) electrons. The van der Waals surface area contributed by atoms with Crippen LogP contribution in [0.4, 0.5) is 0 Å². The zero-order valence-electron chi connectivity index (χ0n) is 10.1. The molecular weight excluding hydrogens is 228 g/mol. The zero-order chi connectivity index (χ0) is 12.1. The second-order valence-electron chi connectivity index (χ2n) is 5.07. The van der Waals surface area contributed by atoms with Gasteiger partial charge in [0.25, 0.3) is 0 Å². The second-order valence-corrected chi connectivity index (χ2v) is 5.07. The van der Waals surface area contributed by atoms with Crippen LogP contribution in [0.3, 0.4) is 0 Å². The van der Waals surface area contributed by atoms with Crippen LogP contribution >= 0.6 is 0 Å². The maximum atomic E-state index is 6.12. The smallest absolute Gasteiger partial charge is 0.152 e. The van der Waals surface area contributed by atoms with Crippen molar-refractivity contribution in [3.63, 3.8) is 0 Å². The van der Waals surface area contributed by atoms with E-state index < -0.39 is 0 Å². The number of hydrogen-bond acceptors (Lipinski definition) is 4. The van der Waals surface area contributed by atoms with Gasteiger partial charge in [-0.05, 0) is 24.8 Å². The Morgan fingerprint density at radius 3 is 3.33 bits per heavy atom. The first kappa shape index (κ1) is 10.1. The molecule has 18 heavy (non-hydrogen) atoms. The fourth-order valence-corrected chi connectivity index (χ4v) is 3.17. The van der Waals surface area contributed by atoms with Crippen LogP contribution in [0.15, 0.2) is 6.26 Å². The van der Waals surface area contributed by atoms with Crippen molar-refractivity contribution in [3.05, 3.63) is 22.8 Å². The van der Waals surface area contributed by atoms with Crippen LogP contribution in [0.25, 0.3) is 17.6 Å². The Bertz CT molecular complexity index is 655. The molecule has 1 aromatic rings. The molecule has 3 aliphatic rings. The highest BCUT2D eigenvalue weighted by Crippen LogP contribution is 2.25. The normalized spacial score (nSPS) is 24.8. The highest BCUT2D eigenvalue weighted by atomic mass is 16.5. The largest absolute Gasteiger partial charge is 0.492 e. The van der Waals surface area contributed by atoms with Crippen LogP contribution < -0.4 is 21.7 Å². The molecular formula is C13H16N4O. The summed E-state index contributed by atoms with van der Waals surface area (Å²) in [6, 6.07) is 0.392. The summed E-state index contributed by atoms with van der Waals surface area (Å²) in [5, 5.41) is 5.50. The first-order chi connectivity index (χ1) is 8.84. The Labute approximate surface area is 105 Å². The third-order valence-electron chi connectivity index (χ3n) is 4.00. The number of fused-ring (bicyclic) bond motifs is 4. The molecule has 1 aromatic heterocycles. The predicted octanol–water partition coefficient (Wildman–Crippen LogP) is -0.438. The van der Waals surface area contributed by atoms with E-state index in [0.29, 0.717) is 18.5 Å². The minimum atomic E-state index is 0.392. The Kier molecular flexibility index (Phi) is 1.98. The molecule has 1 unspecified atom stereocenters. The SMILES string of the molecule is NC1=c2nc3n(c2=C2CCCCC2N1)C=COC3. The molecule has 5 nitrogen and oxygen atoms in total. The van der Waals surface area contributed by atoms with Gasteiger partial charge < -0.3 is 15.8 Å². The summed E-state index contributed by atoms with van der Waals surface area (Å²) in [7, 11) is 0. The van der Waals surface area contributed by atoms with E-state index >= 15 is 0 Å². The van der Waals surface area contributed by atoms with E-state index in [1.165, 1.54) is 23.8 Å². The van der Waals surface area contributed by atoms with Gasteiger partial charge in [-0.15, -0.1) is 0 Å². The lowest BCUT2D eigenvalue weighted by Gasteiger charge is -2.29. The van der Waals surface area contributed by atoms with Gasteiger partial charge in [0, 0.05) is 6.20 Å². The van der Waals surface area contributed by atoms with Crippen LogP contribution in [-0.4, -0.2) is 15.6 Å². The molecule has 0 bridgehead atoms. The zero-order valence-corrected chi connectivity index (χ0v) is 10.1. The molecule has 94 valence electrons. The summed E-state index contributed by atoms with van der Waals surface area (Å²) in [6.07, 6.45) is 8.50. The second kappa shape index (κ2) is 3.54. The topological polar surface area (TPSA) is 65.1 Å². The third kappa shape index (κ3) is 1.24. The van der Waals surface area contributed by atoms with Crippen molar-refractivity contribution in [1.82, 2.24) is 14.9 Å². The van der Waals surface area contributed by atoms with Crippen molar-refractivity contribution in [1.29, 1.82) is 0 Å². The standard InChI is InChI=1S/C13H16N4O/c14-13-11-12(8-3-1-2-4-9(8)15-13)17-5-6-18-7-10(17)16-11/h5-6,9,15H,1-4,7,14H2.